The molecule has 1 heterocycles. The van der Waals surface area contributed by atoms with Crippen LogP contribution in [0.3, 0.4) is 0 Å². The summed E-state index contributed by atoms with van der Waals surface area (Å²) in [5.41, 5.74) is 1.83. The van der Waals surface area contributed by atoms with Gasteiger partial charge in [0.05, 0.1) is 6.33 Å². The second-order valence-corrected chi connectivity index (χ2v) is 6.13. The lowest BCUT2D eigenvalue weighted by Crippen LogP contribution is -2.11. The molecule has 0 fully saturated rings. The normalized spacial score (nSPS) is 11.6. The highest BCUT2D eigenvalue weighted by Gasteiger charge is 2.24. The average Bonchev–Trinajstić information content (AvgIpc) is 2.57. The van der Waals surface area contributed by atoms with E-state index in [-0.39, 0.29) is 15.9 Å². The quantitative estimate of drug-likeness (QED) is 0.817. The van der Waals surface area contributed by atoms with Gasteiger partial charge in [0, 0.05) is 7.05 Å². The summed E-state index contributed by atoms with van der Waals surface area (Å²) in [6.07, 6.45) is 1.32. The lowest BCUT2D eigenvalue weighted by atomic mass is 10.1. The Morgan fingerprint density at radius 3 is 2.26 bits per heavy atom. The first kappa shape index (κ1) is 13.9. The lowest BCUT2D eigenvalue weighted by Gasteiger charge is -2.07. The van der Waals surface area contributed by atoms with Crippen molar-refractivity contribution in [2.45, 2.75) is 18.9 Å². The number of aryl methyl sites for hydroxylation is 3. The van der Waals surface area contributed by atoms with Crippen LogP contribution in [0.5, 0.6) is 5.75 Å². The Bertz CT molecular complexity index is 702. The number of halogens is 1. The van der Waals surface area contributed by atoms with E-state index in [0.717, 1.165) is 11.1 Å². The minimum absolute atomic E-state index is 0.0179. The molecule has 0 atom stereocenters. The van der Waals surface area contributed by atoms with Gasteiger partial charge in [-0.3, -0.25) is 0 Å². The van der Waals surface area contributed by atoms with Crippen LogP contribution in [0.2, 0.25) is 5.15 Å². The predicted molar refractivity (Wildman–Crippen MR) is 71.9 cm³/mol. The molecule has 0 radical (unpaired) electrons. The van der Waals surface area contributed by atoms with Gasteiger partial charge in [0.1, 0.15) is 5.75 Å². The number of hydrogen-bond donors (Lipinski definition) is 0. The van der Waals surface area contributed by atoms with E-state index in [1.165, 1.54) is 10.9 Å². The van der Waals surface area contributed by atoms with Gasteiger partial charge < -0.3 is 8.75 Å². The smallest absolute Gasteiger partial charge is 0.360 e. The summed E-state index contributed by atoms with van der Waals surface area (Å²) in [6, 6.07) is 5.20. The molecule has 0 aliphatic carbocycles. The molecule has 0 spiro atoms. The summed E-state index contributed by atoms with van der Waals surface area (Å²) in [5.74, 6) is 0.249. The Labute approximate surface area is 116 Å². The molecule has 0 N–H and O–H groups in total. The second kappa shape index (κ2) is 4.86. The largest absolute Gasteiger partial charge is 0.378 e. The molecule has 1 aromatic carbocycles. The van der Waals surface area contributed by atoms with Crippen LogP contribution in [-0.4, -0.2) is 18.0 Å². The van der Waals surface area contributed by atoms with Gasteiger partial charge in [-0.25, -0.2) is 4.98 Å². The number of imidazole rings is 1. The summed E-state index contributed by atoms with van der Waals surface area (Å²) in [7, 11) is -2.42. The third-order valence-corrected chi connectivity index (χ3v) is 4.21. The van der Waals surface area contributed by atoms with Gasteiger partial charge in [-0.2, -0.15) is 8.42 Å². The van der Waals surface area contributed by atoms with Crippen LogP contribution in [0.15, 0.2) is 29.6 Å². The minimum atomic E-state index is -4.02. The maximum atomic E-state index is 12.1. The van der Waals surface area contributed by atoms with E-state index in [2.05, 4.69) is 4.98 Å². The van der Waals surface area contributed by atoms with Crippen molar-refractivity contribution in [2.24, 2.45) is 7.05 Å². The zero-order valence-corrected chi connectivity index (χ0v) is 12.3. The summed E-state index contributed by atoms with van der Waals surface area (Å²) < 4.78 is 30.6. The Morgan fingerprint density at radius 1 is 1.21 bits per heavy atom. The standard InChI is InChI=1S/C12H13ClN2O3S/c1-8-4-9(2)6-10(5-8)18-19(16,17)12-11(13)15(3)7-14-12/h4-7H,1-3H3. The molecule has 102 valence electrons. The van der Waals surface area contributed by atoms with Crippen molar-refractivity contribution in [3.05, 3.63) is 40.8 Å². The highest BCUT2D eigenvalue weighted by atomic mass is 35.5. The maximum absolute atomic E-state index is 12.1. The fraction of sp³-hybridized carbons (Fsp3) is 0.250. The van der Waals surface area contributed by atoms with Crippen molar-refractivity contribution in [2.75, 3.05) is 0 Å². The first-order chi connectivity index (χ1) is 8.79. The SMILES string of the molecule is Cc1cc(C)cc(OS(=O)(=O)c2ncn(C)c2Cl)c1. The molecule has 19 heavy (non-hydrogen) atoms. The number of nitrogens with zero attached hydrogens (tertiary/aromatic N) is 2. The molecule has 2 aromatic rings. The first-order valence-corrected chi connectivity index (χ1v) is 7.28. The molecule has 7 heteroatoms. The predicted octanol–water partition coefficient (Wildman–Crippen LogP) is 2.46. The van der Waals surface area contributed by atoms with E-state index < -0.39 is 10.1 Å². The lowest BCUT2D eigenvalue weighted by molar-refractivity contribution is 0.482. The van der Waals surface area contributed by atoms with Crippen LogP contribution >= 0.6 is 11.6 Å². The van der Waals surface area contributed by atoms with Gasteiger partial charge in [-0.05, 0) is 37.1 Å². The molecule has 0 aliphatic rings. The molecule has 0 unspecified atom stereocenters. The van der Waals surface area contributed by atoms with Crippen molar-refractivity contribution >= 4 is 21.7 Å². The Kier molecular flexibility index (Phi) is 3.56. The maximum Gasteiger partial charge on any atom is 0.360 e. The van der Waals surface area contributed by atoms with Gasteiger partial charge in [-0.1, -0.05) is 17.7 Å². The summed E-state index contributed by atoms with van der Waals surface area (Å²) >= 11 is 5.86. The van der Waals surface area contributed by atoms with Gasteiger partial charge in [0.25, 0.3) is 0 Å². The van der Waals surface area contributed by atoms with Crippen LogP contribution in [0, 0.1) is 13.8 Å². The summed E-state index contributed by atoms with van der Waals surface area (Å²) in [6.45, 7) is 3.72. The van der Waals surface area contributed by atoms with Gasteiger partial charge >= 0.3 is 10.1 Å². The van der Waals surface area contributed by atoms with Crippen LogP contribution < -0.4 is 4.18 Å². The van der Waals surface area contributed by atoms with E-state index >= 15 is 0 Å². The number of rotatable bonds is 3. The van der Waals surface area contributed by atoms with E-state index in [1.54, 1.807) is 19.2 Å². The molecule has 2 rings (SSSR count). The molecule has 0 amide bonds. The number of hydrogen-bond acceptors (Lipinski definition) is 4. The molecule has 1 aromatic heterocycles. The van der Waals surface area contributed by atoms with Crippen LogP contribution in [0.1, 0.15) is 11.1 Å². The van der Waals surface area contributed by atoms with E-state index in [1.807, 2.05) is 19.9 Å². The monoisotopic (exact) mass is 300 g/mol. The third kappa shape index (κ3) is 2.90. The summed E-state index contributed by atoms with van der Waals surface area (Å²) in [4.78, 5) is 3.75. The number of aromatic nitrogens is 2. The number of benzene rings is 1. The second-order valence-electron chi connectivity index (χ2n) is 4.31. The van der Waals surface area contributed by atoms with Crippen molar-refractivity contribution in [1.82, 2.24) is 9.55 Å². The molecule has 5 nitrogen and oxygen atoms in total. The zero-order valence-electron chi connectivity index (χ0n) is 10.7. The molecular weight excluding hydrogens is 288 g/mol. The third-order valence-electron chi connectivity index (χ3n) is 2.47. The molecule has 0 saturated carbocycles. The van der Waals surface area contributed by atoms with Crippen LogP contribution in [-0.2, 0) is 17.2 Å². The van der Waals surface area contributed by atoms with Gasteiger partial charge in [0.15, 0.2) is 5.15 Å². The van der Waals surface area contributed by atoms with Crippen molar-refractivity contribution in [1.29, 1.82) is 0 Å². The Hall–Kier alpha value is -1.53. The topological polar surface area (TPSA) is 61.2 Å². The molecule has 0 bridgehead atoms. The summed E-state index contributed by atoms with van der Waals surface area (Å²) in [5, 5.41) is -0.264. The Morgan fingerprint density at radius 2 is 1.79 bits per heavy atom. The van der Waals surface area contributed by atoms with Crippen molar-refractivity contribution in [3.8, 4) is 5.75 Å². The first-order valence-electron chi connectivity index (χ1n) is 5.49. The highest BCUT2D eigenvalue weighted by molar-refractivity contribution is 7.87. The van der Waals surface area contributed by atoms with Gasteiger partial charge in [-0.15, -0.1) is 0 Å². The fourth-order valence-corrected chi connectivity index (χ4v) is 3.04. The van der Waals surface area contributed by atoms with Gasteiger partial charge in [0.2, 0.25) is 5.03 Å². The zero-order chi connectivity index (χ0) is 14.2. The fourth-order valence-electron chi connectivity index (χ4n) is 1.71. The highest BCUT2D eigenvalue weighted by Crippen LogP contribution is 2.24. The average molecular weight is 301 g/mol. The molecule has 0 saturated heterocycles. The van der Waals surface area contributed by atoms with Crippen LogP contribution in [0.25, 0.3) is 0 Å². The van der Waals surface area contributed by atoms with Crippen molar-refractivity contribution < 1.29 is 12.6 Å². The van der Waals surface area contributed by atoms with Crippen LogP contribution in [0.4, 0.5) is 0 Å². The molecule has 0 aliphatic heterocycles. The van der Waals surface area contributed by atoms with E-state index in [0.29, 0.717) is 0 Å². The molecular formula is C12H13ClN2O3S. The van der Waals surface area contributed by atoms with Crippen molar-refractivity contribution in [3.63, 3.8) is 0 Å². The van der Waals surface area contributed by atoms with E-state index in [4.69, 9.17) is 15.8 Å². The Balaban J connectivity index is 2.39. The van der Waals surface area contributed by atoms with E-state index in [9.17, 15) is 8.42 Å². The minimum Gasteiger partial charge on any atom is -0.378 e.